The van der Waals surface area contributed by atoms with Gasteiger partial charge in [0, 0.05) is 37.8 Å². The molecule has 0 radical (unpaired) electrons. The number of piperazine rings is 1. The molecule has 0 bridgehead atoms. The van der Waals surface area contributed by atoms with Crippen LogP contribution < -0.4 is 10.1 Å². The molecule has 0 aliphatic carbocycles. The molecule has 1 aliphatic heterocycles. The van der Waals surface area contributed by atoms with Gasteiger partial charge >= 0.3 is 0 Å². The Hall–Kier alpha value is -2.07. The molecule has 0 spiro atoms. The second kappa shape index (κ2) is 6.91. The van der Waals surface area contributed by atoms with Gasteiger partial charge in [-0.15, -0.1) is 0 Å². The average molecular weight is 272 g/mol. The molecule has 1 aliphatic rings. The minimum Gasteiger partial charge on any atom is -0.496 e. The van der Waals surface area contributed by atoms with Crippen molar-refractivity contribution >= 4 is 11.5 Å². The Kier molecular flexibility index (Phi) is 4.96. The summed E-state index contributed by atoms with van der Waals surface area (Å²) in [7, 11) is 1.63. The van der Waals surface area contributed by atoms with Crippen molar-refractivity contribution in [2.75, 3.05) is 33.3 Å². The van der Waals surface area contributed by atoms with E-state index in [4.69, 9.17) is 4.74 Å². The predicted molar refractivity (Wildman–Crippen MR) is 80.6 cm³/mol. The number of carbonyl (C=O) groups excluding carboxylic acids is 1. The first-order valence-electron chi connectivity index (χ1n) is 6.72. The van der Waals surface area contributed by atoms with Crippen molar-refractivity contribution in [3.63, 3.8) is 0 Å². The van der Waals surface area contributed by atoms with Crippen LogP contribution in [0, 0.1) is 0 Å². The van der Waals surface area contributed by atoms with Crippen LogP contribution in [0.15, 0.2) is 43.0 Å². The molecule has 1 aromatic rings. The molecule has 2 rings (SSSR count). The van der Waals surface area contributed by atoms with Gasteiger partial charge in [-0.05, 0) is 17.7 Å². The van der Waals surface area contributed by atoms with E-state index in [2.05, 4.69) is 11.9 Å². The van der Waals surface area contributed by atoms with Crippen molar-refractivity contribution in [2.45, 2.75) is 0 Å². The summed E-state index contributed by atoms with van der Waals surface area (Å²) in [5.74, 6) is 0.791. The lowest BCUT2D eigenvalue weighted by molar-refractivity contribution is -0.126. The van der Waals surface area contributed by atoms with E-state index in [1.165, 1.54) is 0 Å². The van der Waals surface area contributed by atoms with Gasteiger partial charge in [0.25, 0.3) is 0 Å². The van der Waals surface area contributed by atoms with E-state index in [-0.39, 0.29) is 5.91 Å². The third-order valence-corrected chi connectivity index (χ3v) is 3.31. The molecule has 1 N–H and O–H groups in total. The zero-order chi connectivity index (χ0) is 14.4. The summed E-state index contributed by atoms with van der Waals surface area (Å²) in [4.78, 5) is 13.9. The number of nitrogens with one attached hydrogen (secondary N) is 1. The molecule has 106 valence electrons. The van der Waals surface area contributed by atoms with E-state index in [9.17, 15) is 4.79 Å². The highest BCUT2D eigenvalue weighted by Gasteiger charge is 2.13. The molecule has 0 unspecified atom stereocenters. The van der Waals surface area contributed by atoms with Gasteiger partial charge in [0.05, 0.1) is 7.11 Å². The lowest BCUT2D eigenvalue weighted by atomic mass is 10.1. The van der Waals surface area contributed by atoms with Gasteiger partial charge in [-0.25, -0.2) is 0 Å². The van der Waals surface area contributed by atoms with E-state index in [1.807, 2.05) is 29.2 Å². The Bertz CT molecular complexity index is 517. The molecule has 4 nitrogen and oxygen atoms in total. The number of rotatable bonds is 4. The molecule has 1 amide bonds. The van der Waals surface area contributed by atoms with Gasteiger partial charge in [0.15, 0.2) is 0 Å². The highest BCUT2D eigenvalue weighted by Crippen LogP contribution is 2.25. The third-order valence-electron chi connectivity index (χ3n) is 3.31. The zero-order valence-corrected chi connectivity index (χ0v) is 11.8. The second-order valence-corrected chi connectivity index (χ2v) is 4.63. The quantitative estimate of drug-likeness (QED) is 0.670. The molecule has 1 fully saturated rings. The molecule has 1 aromatic carbocycles. The van der Waals surface area contributed by atoms with E-state index < -0.39 is 0 Å². The summed E-state index contributed by atoms with van der Waals surface area (Å²) in [6.45, 7) is 7.22. The van der Waals surface area contributed by atoms with Crippen LogP contribution in [0.3, 0.4) is 0 Å². The summed E-state index contributed by atoms with van der Waals surface area (Å²) in [6.07, 6.45) is 3.34. The van der Waals surface area contributed by atoms with Crippen molar-refractivity contribution in [1.82, 2.24) is 10.2 Å². The monoisotopic (exact) mass is 272 g/mol. The summed E-state index contributed by atoms with van der Waals surface area (Å²) < 4.78 is 5.29. The van der Waals surface area contributed by atoms with Crippen molar-refractivity contribution in [2.24, 2.45) is 0 Å². The largest absolute Gasteiger partial charge is 0.496 e. The Labute approximate surface area is 119 Å². The fraction of sp³-hybridized carbons (Fsp3) is 0.312. The second-order valence-electron chi connectivity index (χ2n) is 4.63. The van der Waals surface area contributed by atoms with E-state index >= 15 is 0 Å². The number of nitrogens with zero attached hydrogens (tertiary/aromatic N) is 1. The molecule has 4 heteroatoms. The lowest BCUT2D eigenvalue weighted by Crippen LogP contribution is -2.45. The van der Waals surface area contributed by atoms with Crippen molar-refractivity contribution in [3.8, 4) is 5.75 Å². The number of hydrogen-bond acceptors (Lipinski definition) is 3. The fourth-order valence-electron chi connectivity index (χ4n) is 2.16. The van der Waals surface area contributed by atoms with Crippen LogP contribution in [0.1, 0.15) is 5.56 Å². The third kappa shape index (κ3) is 3.48. The van der Waals surface area contributed by atoms with Gasteiger partial charge < -0.3 is 15.0 Å². The minimum absolute atomic E-state index is 0.0301. The Morgan fingerprint density at radius 3 is 2.70 bits per heavy atom. The molecule has 0 saturated carbocycles. The maximum absolute atomic E-state index is 12.0. The minimum atomic E-state index is 0.0301. The van der Waals surface area contributed by atoms with Gasteiger partial charge in [-0.2, -0.15) is 0 Å². The Morgan fingerprint density at radius 2 is 2.00 bits per heavy atom. The SMILES string of the molecule is C=C(C=CC(=O)N1CCNCC1)c1ccccc1OC. The lowest BCUT2D eigenvalue weighted by Gasteiger charge is -2.26. The molecule has 0 aromatic heterocycles. The first-order valence-corrected chi connectivity index (χ1v) is 6.72. The highest BCUT2D eigenvalue weighted by atomic mass is 16.5. The van der Waals surface area contributed by atoms with E-state index in [1.54, 1.807) is 19.3 Å². The topological polar surface area (TPSA) is 41.6 Å². The number of ether oxygens (including phenoxy) is 1. The number of para-hydroxylation sites is 1. The van der Waals surface area contributed by atoms with Gasteiger partial charge in [0.1, 0.15) is 5.75 Å². The van der Waals surface area contributed by atoms with Gasteiger partial charge in [-0.3, -0.25) is 4.79 Å². The number of allylic oxidation sites excluding steroid dienone is 2. The molecular formula is C16H20N2O2. The summed E-state index contributed by atoms with van der Waals surface area (Å²) in [6, 6.07) is 7.65. The maximum atomic E-state index is 12.0. The number of methoxy groups -OCH3 is 1. The first kappa shape index (κ1) is 14.3. The predicted octanol–water partition coefficient (Wildman–Crippen LogP) is 1.70. The van der Waals surface area contributed by atoms with E-state index in [0.717, 1.165) is 43.1 Å². The number of benzene rings is 1. The van der Waals surface area contributed by atoms with Crippen molar-refractivity contribution < 1.29 is 9.53 Å². The smallest absolute Gasteiger partial charge is 0.246 e. The van der Waals surface area contributed by atoms with Crippen molar-refractivity contribution in [3.05, 3.63) is 48.6 Å². The first-order chi connectivity index (χ1) is 9.72. The van der Waals surface area contributed by atoms with Crippen LogP contribution in [0.2, 0.25) is 0 Å². The van der Waals surface area contributed by atoms with Crippen LogP contribution in [0.5, 0.6) is 5.75 Å². The number of hydrogen-bond donors (Lipinski definition) is 1. The zero-order valence-electron chi connectivity index (χ0n) is 11.8. The Balaban J connectivity index is 2.03. The summed E-state index contributed by atoms with van der Waals surface area (Å²) in [5.41, 5.74) is 1.67. The summed E-state index contributed by atoms with van der Waals surface area (Å²) in [5, 5.41) is 3.22. The molecule has 1 saturated heterocycles. The highest BCUT2D eigenvalue weighted by molar-refractivity contribution is 5.91. The van der Waals surface area contributed by atoms with Crippen LogP contribution in [0.4, 0.5) is 0 Å². The standard InChI is InChI=1S/C16H20N2O2/c1-13(14-5-3-4-6-15(14)20-2)7-8-16(19)18-11-9-17-10-12-18/h3-8,17H,1,9-12H2,2H3. The molecule has 0 atom stereocenters. The summed E-state index contributed by atoms with van der Waals surface area (Å²) >= 11 is 0. The molecule has 20 heavy (non-hydrogen) atoms. The normalized spacial score (nSPS) is 15.3. The van der Waals surface area contributed by atoms with Gasteiger partial charge in [0.2, 0.25) is 5.91 Å². The number of amides is 1. The van der Waals surface area contributed by atoms with Crippen LogP contribution in [-0.2, 0) is 4.79 Å². The van der Waals surface area contributed by atoms with E-state index in [0.29, 0.717) is 0 Å². The number of carbonyl (C=O) groups is 1. The Morgan fingerprint density at radius 1 is 1.30 bits per heavy atom. The van der Waals surface area contributed by atoms with Crippen LogP contribution >= 0.6 is 0 Å². The van der Waals surface area contributed by atoms with Gasteiger partial charge in [-0.1, -0.05) is 24.8 Å². The fourth-order valence-corrected chi connectivity index (χ4v) is 2.16. The maximum Gasteiger partial charge on any atom is 0.246 e. The van der Waals surface area contributed by atoms with Crippen LogP contribution in [-0.4, -0.2) is 44.1 Å². The molecule has 1 heterocycles. The molecular weight excluding hydrogens is 252 g/mol. The van der Waals surface area contributed by atoms with Crippen molar-refractivity contribution in [1.29, 1.82) is 0 Å². The average Bonchev–Trinajstić information content (AvgIpc) is 2.53. The van der Waals surface area contributed by atoms with Crippen LogP contribution in [0.25, 0.3) is 5.57 Å².